The Balaban J connectivity index is 2.73. The van der Waals surface area contributed by atoms with E-state index in [9.17, 15) is 0 Å². The number of aromatic amines is 1. The number of hydrogen-bond donors (Lipinski definition) is 2. The van der Waals surface area contributed by atoms with E-state index in [1.54, 1.807) is 0 Å². The van der Waals surface area contributed by atoms with Crippen LogP contribution in [-0.4, -0.2) is 11.5 Å². The fourth-order valence-electron chi connectivity index (χ4n) is 3.00. The van der Waals surface area contributed by atoms with E-state index in [0.29, 0.717) is 18.4 Å². The molecule has 0 saturated heterocycles. The normalized spacial score (nSPS) is 13.5. The van der Waals surface area contributed by atoms with E-state index in [4.69, 9.17) is 5.73 Å². The molecule has 2 heteroatoms. The van der Waals surface area contributed by atoms with Gasteiger partial charge in [-0.2, -0.15) is 0 Å². The fourth-order valence-corrected chi connectivity index (χ4v) is 3.00. The van der Waals surface area contributed by atoms with Crippen LogP contribution in [0.5, 0.6) is 0 Å². The van der Waals surface area contributed by atoms with E-state index in [0.717, 1.165) is 0 Å². The molecule has 1 heterocycles. The van der Waals surface area contributed by atoms with Crippen LogP contribution in [0.4, 0.5) is 0 Å². The molecule has 1 unspecified atom stereocenters. The molecule has 0 aliphatic heterocycles. The standard InChI is InChI=1S/C16H24N2/c1-9(2)14(8-17)15-12(5)18-16-11(4)6-10(3)7-13(15)16/h6-7,9,14,18H,8,17H2,1-5H3. The van der Waals surface area contributed by atoms with Gasteiger partial charge in [0.05, 0.1) is 0 Å². The van der Waals surface area contributed by atoms with Crippen molar-refractivity contribution in [3.8, 4) is 0 Å². The van der Waals surface area contributed by atoms with Gasteiger partial charge in [0.15, 0.2) is 0 Å². The maximum Gasteiger partial charge on any atom is 0.0488 e. The Hall–Kier alpha value is -1.28. The summed E-state index contributed by atoms with van der Waals surface area (Å²) in [5.74, 6) is 0.994. The number of nitrogens with two attached hydrogens (primary N) is 1. The second-order valence-electron chi connectivity index (χ2n) is 5.75. The molecule has 98 valence electrons. The lowest BCUT2D eigenvalue weighted by Crippen LogP contribution is -2.18. The minimum absolute atomic E-state index is 0.431. The second kappa shape index (κ2) is 4.77. The first-order valence-corrected chi connectivity index (χ1v) is 6.75. The van der Waals surface area contributed by atoms with Crippen LogP contribution in [0, 0.1) is 26.7 Å². The Bertz CT molecular complexity index is 564. The van der Waals surface area contributed by atoms with Gasteiger partial charge < -0.3 is 10.7 Å². The summed E-state index contributed by atoms with van der Waals surface area (Å²) in [5.41, 5.74) is 12.6. The van der Waals surface area contributed by atoms with Crippen molar-refractivity contribution in [2.75, 3.05) is 6.54 Å². The third-order valence-corrected chi connectivity index (χ3v) is 3.92. The van der Waals surface area contributed by atoms with Gasteiger partial charge in [0.1, 0.15) is 0 Å². The van der Waals surface area contributed by atoms with Crippen molar-refractivity contribution in [2.24, 2.45) is 11.7 Å². The zero-order valence-electron chi connectivity index (χ0n) is 12.1. The van der Waals surface area contributed by atoms with E-state index in [1.165, 1.54) is 33.3 Å². The topological polar surface area (TPSA) is 41.8 Å². The molecule has 0 amide bonds. The molecule has 1 atom stereocenters. The molecule has 0 fully saturated rings. The van der Waals surface area contributed by atoms with Crippen LogP contribution in [0.3, 0.4) is 0 Å². The maximum atomic E-state index is 5.99. The first-order chi connectivity index (χ1) is 8.45. The van der Waals surface area contributed by atoms with Crippen LogP contribution in [0.2, 0.25) is 0 Å². The first-order valence-electron chi connectivity index (χ1n) is 6.75. The molecule has 0 aliphatic rings. The minimum Gasteiger partial charge on any atom is -0.358 e. The largest absolute Gasteiger partial charge is 0.358 e. The van der Waals surface area contributed by atoms with Crippen molar-refractivity contribution in [1.29, 1.82) is 0 Å². The lowest BCUT2D eigenvalue weighted by molar-refractivity contribution is 0.507. The molecule has 0 spiro atoms. The number of hydrogen-bond acceptors (Lipinski definition) is 1. The number of benzene rings is 1. The van der Waals surface area contributed by atoms with Gasteiger partial charge in [-0.15, -0.1) is 0 Å². The van der Waals surface area contributed by atoms with Crippen LogP contribution in [0.25, 0.3) is 10.9 Å². The van der Waals surface area contributed by atoms with Crippen LogP contribution < -0.4 is 5.73 Å². The summed E-state index contributed by atoms with van der Waals surface area (Å²) in [7, 11) is 0. The van der Waals surface area contributed by atoms with Gasteiger partial charge in [0, 0.05) is 22.5 Å². The van der Waals surface area contributed by atoms with Gasteiger partial charge in [-0.05, 0) is 50.4 Å². The van der Waals surface area contributed by atoms with Crippen LogP contribution in [0.15, 0.2) is 12.1 Å². The van der Waals surface area contributed by atoms with Crippen molar-refractivity contribution in [3.05, 3.63) is 34.5 Å². The summed E-state index contributed by atoms with van der Waals surface area (Å²) in [6, 6.07) is 4.51. The molecular formula is C16H24N2. The average molecular weight is 244 g/mol. The highest BCUT2D eigenvalue weighted by Gasteiger charge is 2.21. The predicted molar refractivity (Wildman–Crippen MR) is 79.1 cm³/mol. The van der Waals surface area contributed by atoms with E-state index in [2.05, 4.69) is 51.7 Å². The molecule has 18 heavy (non-hydrogen) atoms. The van der Waals surface area contributed by atoms with Crippen molar-refractivity contribution in [3.63, 3.8) is 0 Å². The highest BCUT2D eigenvalue weighted by Crippen LogP contribution is 2.34. The highest BCUT2D eigenvalue weighted by atomic mass is 14.7. The number of aryl methyl sites for hydroxylation is 3. The van der Waals surface area contributed by atoms with Gasteiger partial charge in [0.2, 0.25) is 0 Å². The third kappa shape index (κ3) is 2.05. The third-order valence-electron chi connectivity index (χ3n) is 3.92. The average Bonchev–Trinajstić information content (AvgIpc) is 2.58. The Kier molecular flexibility index (Phi) is 3.49. The molecule has 2 rings (SSSR count). The van der Waals surface area contributed by atoms with Crippen molar-refractivity contribution < 1.29 is 0 Å². The number of rotatable bonds is 3. The summed E-state index contributed by atoms with van der Waals surface area (Å²) in [6.45, 7) is 11.7. The zero-order valence-corrected chi connectivity index (χ0v) is 12.1. The summed E-state index contributed by atoms with van der Waals surface area (Å²) < 4.78 is 0. The van der Waals surface area contributed by atoms with Crippen LogP contribution in [-0.2, 0) is 0 Å². The lowest BCUT2D eigenvalue weighted by Gasteiger charge is -2.20. The monoisotopic (exact) mass is 244 g/mol. The first kappa shape index (κ1) is 13.2. The van der Waals surface area contributed by atoms with Crippen molar-refractivity contribution >= 4 is 10.9 Å². The van der Waals surface area contributed by atoms with Crippen molar-refractivity contribution in [2.45, 2.75) is 40.5 Å². The molecule has 1 aromatic heterocycles. The molecule has 0 saturated carbocycles. The summed E-state index contributed by atoms with van der Waals surface area (Å²) in [6.07, 6.45) is 0. The maximum absolute atomic E-state index is 5.99. The van der Waals surface area contributed by atoms with Gasteiger partial charge in [-0.25, -0.2) is 0 Å². The predicted octanol–water partition coefficient (Wildman–Crippen LogP) is 3.79. The molecule has 3 N–H and O–H groups in total. The summed E-state index contributed by atoms with van der Waals surface area (Å²) in [4.78, 5) is 3.54. The second-order valence-corrected chi connectivity index (χ2v) is 5.75. The Morgan fingerprint density at radius 1 is 1.17 bits per heavy atom. The van der Waals surface area contributed by atoms with E-state index >= 15 is 0 Å². The molecule has 0 aliphatic carbocycles. The van der Waals surface area contributed by atoms with Gasteiger partial charge in [-0.3, -0.25) is 0 Å². The quantitative estimate of drug-likeness (QED) is 0.847. The van der Waals surface area contributed by atoms with Gasteiger partial charge in [-0.1, -0.05) is 25.5 Å². The molecule has 0 radical (unpaired) electrons. The SMILES string of the molecule is Cc1cc(C)c2[nH]c(C)c(C(CN)C(C)C)c2c1. The van der Waals surface area contributed by atoms with E-state index in [-0.39, 0.29) is 0 Å². The number of H-pyrrole nitrogens is 1. The van der Waals surface area contributed by atoms with Gasteiger partial charge >= 0.3 is 0 Å². The smallest absolute Gasteiger partial charge is 0.0488 e. The number of aromatic nitrogens is 1. The van der Waals surface area contributed by atoms with Gasteiger partial charge in [0.25, 0.3) is 0 Å². The Morgan fingerprint density at radius 2 is 1.83 bits per heavy atom. The molecule has 1 aromatic carbocycles. The van der Waals surface area contributed by atoms with Crippen LogP contribution >= 0.6 is 0 Å². The zero-order chi connectivity index (χ0) is 13.4. The Morgan fingerprint density at radius 3 is 2.39 bits per heavy atom. The number of fused-ring (bicyclic) bond motifs is 1. The Labute approximate surface area is 110 Å². The fraction of sp³-hybridized carbons (Fsp3) is 0.500. The van der Waals surface area contributed by atoms with E-state index < -0.39 is 0 Å². The van der Waals surface area contributed by atoms with E-state index in [1.807, 2.05) is 0 Å². The summed E-state index contributed by atoms with van der Waals surface area (Å²) in [5, 5.41) is 1.36. The number of nitrogens with one attached hydrogen (secondary N) is 1. The van der Waals surface area contributed by atoms with Crippen molar-refractivity contribution in [1.82, 2.24) is 4.98 Å². The molecule has 2 aromatic rings. The highest BCUT2D eigenvalue weighted by molar-refractivity contribution is 5.88. The summed E-state index contributed by atoms with van der Waals surface area (Å²) >= 11 is 0. The van der Waals surface area contributed by atoms with Crippen LogP contribution in [0.1, 0.15) is 42.1 Å². The molecular weight excluding hydrogens is 220 g/mol. The molecule has 0 bridgehead atoms. The minimum atomic E-state index is 0.431. The molecule has 2 nitrogen and oxygen atoms in total. The lowest BCUT2D eigenvalue weighted by atomic mass is 9.86.